The normalized spacial score (nSPS) is 11.8. The molecule has 6 heteroatoms. The van der Waals surface area contributed by atoms with Crippen LogP contribution in [-0.2, 0) is 0 Å². The van der Waals surface area contributed by atoms with Crippen molar-refractivity contribution in [3.63, 3.8) is 0 Å². The molecule has 1 heterocycles. The van der Waals surface area contributed by atoms with E-state index in [0.717, 1.165) is 0 Å². The van der Waals surface area contributed by atoms with Gasteiger partial charge in [0.1, 0.15) is 11.7 Å². The van der Waals surface area contributed by atoms with E-state index in [0.29, 0.717) is 11.3 Å². The number of non-ortho nitro benzene ring substituents is 1. The summed E-state index contributed by atoms with van der Waals surface area (Å²) < 4.78 is 5.16. The number of nitro groups is 1. The molecular formula is C12H7ClN2O3. The minimum atomic E-state index is -0.673. The summed E-state index contributed by atoms with van der Waals surface area (Å²) in [4.78, 5) is 10.1. The molecule has 0 spiro atoms. The van der Waals surface area contributed by atoms with E-state index in [1.54, 1.807) is 12.1 Å². The molecule has 0 aliphatic heterocycles. The van der Waals surface area contributed by atoms with Gasteiger partial charge in [-0.25, -0.2) is 0 Å². The molecular weight excluding hydrogens is 256 g/mol. The van der Waals surface area contributed by atoms with E-state index in [1.165, 1.54) is 24.5 Å². The van der Waals surface area contributed by atoms with Gasteiger partial charge < -0.3 is 4.42 Å². The number of hydrogen-bond acceptors (Lipinski definition) is 4. The topological polar surface area (TPSA) is 80.1 Å². The number of nitrogens with zero attached hydrogens (tertiary/aromatic N) is 2. The van der Waals surface area contributed by atoms with Crippen LogP contribution in [0.5, 0.6) is 0 Å². The third-order valence-electron chi connectivity index (χ3n) is 2.46. The Morgan fingerprint density at radius 3 is 2.72 bits per heavy atom. The Balaban J connectivity index is 2.45. The summed E-state index contributed by atoms with van der Waals surface area (Å²) in [6.45, 7) is 0. The van der Waals surface area contributed by atoms with Gasteiger partial charge in [0.25, 0.3) is 5.69 Å². The highest BCUT2D eigenvalue weighted by Crippen LogP contribution is 2.32. The highest BCUT2D eigenvalue weighted by molar-refractivity contribution is 6.31. The van der Waals surface area contributed by atoms with Crippen molar-refractivity contribution in [1.29, 1.82) is 5.26 Å². The molecule has 0 bridgehead atoms. The Labute approximate surface area is 107 Å². The zero-order valence-corrected chi connectivity index (χ0v) is 9.79. The Hall–Kier alpha value is -2.32. The third-order valence-corrected chi connectivity index (χ3v) is 2.79. The molecule has 0 aliphatic carbocycles. The van der Waals surface area contributed by atoms with Crippen LogP contribution in [0.25, 0.3) is 0 Å². The molecule has 1 atom stereocenters. The fraction of sp³-hybridized carbons (Fsp3) is 0.0833. The Kier molecular flexibility index (Phi) is 3.31. The molecule has 0 N–H and O–H groups in total. The average Bonchev–Trinajstić information content (AvgIpc) is 2.85. The maximum Gasteiger partial charge on any atom is 0.270 e. The first kappa shape index (κ1) is 12.1. The Morgan fingerprint density at radius 2 is 2.22 bits per heavy atom. The van der Waals surface area contributed by atoms with Gasteiger partial charge in [0.05, 0.1) is 22.3 Å². The van der Waals surface area contributed by atoms with E-state index in [1.807, 2.05) is 0 Å². The number of halogens is 1. The molecule has 0 saturated carbocycles. The molecule has 1 aromatic heterocycles. The third kappa shape index (κ3) is 2.19. The number of nitriles is 1. The zero-order chi connectivity index (χ0) is 13.1. The van der Waals surface area contributed by atoms with Crippen LogP contribution in [0.2, 0.25) is 5.02 Å². The van der Waals surface area contributed by atoms with Crippen molar-refractivity contribution < 1.29 is 9.34 Å². The minimum absolute atomic E-state index is 0.111. The molecule has 0 radical (unpaired) electrons. The lowest BCUT2D eigenvalue weighted by Gasteiger charge is -2.08. The van der Waals surface area contributed by atoms with Crippen LogP contribution in [0.15, 0.2) is 41.0 Å². The van der Waals surface area contributed by atoms with Gasteiger partial charge in [-0.2, -0.15) is 5.26 Å². The Morgan fingerprint density at radius 1 is 1.44 bits per heavy atom. The fourth-order valence-corrected chi connectivity index (χ4v) is 1.89. The molecule has 2 rings (SSSR count). The SMILES string of the molecule is N#CC(c1ccco1)c1ccc([N+](=O)[O-])cc1Cl. The molecule has 1 aromatic carbocycles. The van der Waals surface area contributed by atoms with Gasteiger partial charge in [-0.15, -0.1) is 0 Å². The number of nitro benzene ring substituents is 1. The second-order valence-corrected chi connectivity index (χ2v) is 3.95. The van der Waals surface area contributed by atoms with E-state index in [9.17, 15) is 10.1 Å². The van der Waals surface area contributed by atoms with Gasteiger partial charge in [0.2, 0.25) is 0 Å². The molecule has 18 heavy (non-hydrogen) atoms. The maximum atomic E-state index is 10.6. The van der Waals surface area contributed by atoms with Gasteiger partial charge in [-0.05, 0) is 23.8 Å². The van der Waals surface area contributed by atoms with Crippen molar-refractivity contribution >= 4 is 17.3 Å². The van der Waals surface area contributed by atoms with Gasteiger partial charge in [0, 0.05) is 12.1 Å². The summed E-state index contributed by atoms with van der Waals surface area (Å²) in [5.74, 6) is -0.221. The van der Waals surface area contributed by atoms with Crippen LogP contribution >= 0.6 is 11.6 Å². The fourth-order valence-electron chi connectivity index (χ4n) is 1.61. The number of furan rings is 1. The van der Waals surface area contributed by atoms with Crippen LogP contribution in [0.4, 0.5) is 5.69 Å². The molecule has 2 aromatic rings. The van der Waals surface area contributed by atoms with E-state index in [-0.39, 0.29) is 10.7 Å². The second kappa shape index (κ2) is 4.90. The number of rotatable bonds is 3. The second-order valence-electron chi connectivity index (χ2n) is 3.54. The van der Waals surface area contributed by atoms with Crippen molar-refractivity contribution in [3.05, 3.63) is 63.1 Å². The first-order chi connectivity index (χ1) is 8.63. The largest absolute Gasteiger partial charge is 0.468 e. The van der Waals surface area contributed by atoms with E-state index < -0.39 is 10.8 Å². The summed E-state index contributed by atoms with van der Waals surface area (Å²) in [5.41, 5.74) is 0.375. The maximum absolute atomic E-state index is 10.6. The average molecular weight is 263 g/mol. The number of hydrogen-bond donors (Lipinski definition) is 0. The minimum Gasteiger partial charge on any atom is -0.468 e. The quantitative estimate of drug-likeness (QED) is 0.626. The van der Waals surface area contributed by atoms with Crippen LogP contribution < -0.4 is 0 Å². The lowest BCUT2D eigenvalue weighted by Crippen LogP contribution is -1.98. The monoisotopic (exact) mass is 262 g/mol. The summed E-state index contributed by atoms with van der Waals surface area (Å²) >= 11 is 5.97. The summed E-state index contributed by atoms with van der Waals surface area (Å²) in [5, 5.41) is 19.9. The molecule has 0 amide bonds. The molecule has 0 aliphatic rings. The molecule has 0 saturated heterocycles. The standard InChI is InChI=1S/C12H7ClN2O3/c13-11-6-8(15(16)17)3-4-9(11)10(7-14)12-2-1-5-18-12/h1-6,10H. The van der Waals surface area contributed by atoms with Crippen LogP contribution in [0.3, 0.4) is 0 Å². The van der Waals surface area contributed by atoms with Gasteiger partial charge in [0.15, 0.2) is 0 Å². The van der Waals surface area contributed by atoms with Crippen molar-refractivity contribution in [1.82, 2.24) is 0 Å². The zero-order valence-electron chi connectivity index (χ0n) is 9.04. The van der Waals surface area contributed by atoms with Crippen LogP contribution in [0, 0.1) is 21.4 Å². The van der Waals surface area contributed by atoms with Crippen LogP contribution in [-0.4, -0.2) is 4.92 Å². The Bertz CT molecular complexity index is 617. The lowest BCUT2D eigenvalue weighted by atomic mass is 9.98. The predicted octanol–water partition coefficient (Wildman–Crippen LogP) is 3.50. The lowest BCUT2D eigenvalue weighted by molar-refractivity contribution is -0.384. The summed E-state index contributed by atoms with van der Waals surface area (Å²) in [6, 6.07) is 9.40. The molecule has 90 valence electrons. The summed E-state index contributed by atoms with van der Waals surface area (Å²) in [7, 11) is 0. The van der Waals surface area contributed by atoms with E-state index >= 15 is 0 Å². The first-order valence-corrected chi connectivity index (χ1v) is 5.38. The predicted molar refractivity (Wildman–Crippen MR) is 64.3 cm³/mol. The van der Waals surface area contributed by atoms with Gasteiger partial charge in [-0.1, -0.05) is 11.6 Å². The van der Waals surface area contributed by atoms with Crippen LogP contribution in [0.1, 0.15) is 17.2 Å². The highest BCUT2D eigenvalue weighted by Gasteiger charge is 2.21. The summed E-state index contributed by atoms with van der Waals surface area (Å²) in [6.07, 6.45) is 1.46. The van der Waals surface area contributed by atoms with Gasteiger partial charge >= 0.3 is 0 Å². The molecule has 5 nitrogen and oxygen atoms in total. The van der Waals surface area contributed by atoms with E-state index in [2.05, 4.69) is 6.07 Å². The molecule has 1 unspecified atom stereocenters. The molecule has 0 fully saturated rings. The van der Waals surface area contributed by atoms with Crippen molar-refractivity contribution in [3.8, 4) is 6.07 Å². The van der Waals surface area contributed by atoms with Crippen molar-refractivity contribution in [2.24, 2.45) is 0 Å². The smallest absolute Gasteiger partial charge is 0.270 e. The van der Waals surface area contributed by atoms with Crippen molar-refractivity contribution in [2.45, 2.75) is 5.92 Å². The highest BCUT2D eigenvalue weighted by atomic mass is 35.5. The van der Waals surface area contributed by atoms with Gasteiger partial charge in [-0.3, -0.25) is 10.1 Å². The number of benzene rings is 1. The first-order valence-electron chi connectivity index (χ1n) is 5.00. The van der Waals surface area contributed by atoms with Crippen molar-refractivity contribution in [2.75, 3.05) is 0 Å². The van der Waals surface area contributed by atoms with E-state index in [4.69, 9.17) is 21.3 Å².